The molecule has 4 rings (SSSR count). The van der Waals surface area contributed by atoms with Crippen LogP contribution in [-0.2, 0) is 21.6 Å². The standard InChI is InChI=1S/C30H36N4O3S2/c1-30(2,38-20-22-10-6-5-7-11-22)21-32-29(35)25-18-23-13-14-24(37-17-16-36-4)19-26(28(23)33-25)34(3)39-27-12-8-9-15-31-27/h5-12,14-15,18-19,33H,13,16-17,20-21H2,1-4H3,(H,32,35). The Hall–Kier alpha value is -3.14. The minimum Gasteiger partial charge on any atom is -0.491 e. The summed E-state index contributed by atoms with van der Waals surface area (Å²) in [5.41, 5.74) is 4.65. The fourth-order valence-corrected chi connectivity index (χ4v) is 5.65. The highest BCUT2D eigenvalue weighted by molar-refractivity contribution is 7.99. The SMILES string of the molecule is COCCOC1=CCc2cc(C(=O)NCC(C)(C)SCc3ccccc3)[nH]c2C(N(C)Sc2ccccn2)=C1. The normalized spacial score (nSPS) is 13.1. The molecular weight excluding hydrogens is 528 g/mol. The number of methoxy groups -OCH3 is 1. The van der Waals surface area contributed by atoms with Gasteiger partial charge in [-0.15, -0.1) is 11.8 Å². The minimum atomic E-state index is -0.114. The van der Waals surface area contributed by atoms with E-state index in [1.165, 1.54) is 17.5 Å². The van der Waals surface area contributed by atoms with Crippen molar-refractivity contribution in [2.45, 2.75) is 35.8 Å². The molecular formula is C30H36N4O3S2. The molecule has 0 saturated carbocycles. The van der Waals surface area contributed by atoms with Gasteiger partial charge >= 0.3 is 0 Å². The number of ether oxygens (including phenoxy) is 2. The number of amides is 1. The second kappa shape index (κ2) is 13.8. The molecule has 0 saturated heterocycles. The van der Waals surface area contributed by atoms with Gasteiger partial charge < -0.3 is 24.1 Å². The fraction of sp³-hybridized carbons (Fsp3) is 0.333. The van der Waals surface area contributed by atoms with Crippen molar-refractivity contribution >= 4 is 35.3 Å². The van der Waals surface area contributed by atoms with Gasteiger partial charge in [0.05, 0.1) is 18.0 Å². The summed E-state index contributed by atoms with van der Waals surface area (Å²) in [5.74, 6) is 1.55. The van der Waals surface area contributed by atoms with E-state index in [2.05, 4.69) is 53.4 Å². The molecule has 39 heavy (non-hydrogen) atoms. The first kappa shape index (κ1) is 28.9. The van der Waals surface area contributed by atoms with Crippen molar-refractivity contribution in [3.8, 4) is 0 Å². The number of hydrogen-bond acceptors (Lipinski definition) is 7. The van der Waals surface area contributed by atoms with Crippen LogP contribution >= 0.6 is 23.7 Å². The van der Waals surface area contributed by atoms with Crippen LogP contribution in [0.5, 0.6) is 0 Å². The van der Waals surface area contributed by atoms with Gasteiger partial charge in [0.2, 0.25) is 0 Å². The quantitative estimate of drug-likeness (QED) is 0.197. The molecule has 0 bridgehead atoms. The predicted molar refractivity (Wildman–Crippen MR) is 160 cm³/mol. The van der Waals surface area contributed by atoms with Gasteiger partial charge in [0.1, 0.15) is 23.1 Å². The molecule has 2 N–H and O–H groups in total. The minimum absolute atomic E-state index is 0.114. The summed E-state index contributed by atoms with van der Waals surface area (Å²) in [6.07, 6.45) is 6.46. The van der Waals surface area contributed by atoms with E-state index in [1.54, 1.807) is 13.3 Å². The van der Waals surface area contributed by atoms with Crippen LogP contribution < -0.4 is 5.32 Å². The van der Waals surface area contributed by atoms with E-state index in [-0.39, 0.29) is 10.7 Å². The van der Waals surface area contributed by atoms with E-state index in [0.717, 1.165) is 33.5 Å². The third-order valence-electron chi connectivity index (χ3n) is 6.11. The summed E-state index contributed by atoms with van der Waals surface area (Å²) >= 11 is 3.34. The zero-order valence-electron chi connectivity index (χ0n) is 22.9. The number of nitrogens with one attached hydrogen (secondary N) is 2. The number of aromatic amines is 1. The lowest BCUT2D eigenvalue weighted by molar-refractivity contribution is 0.0946. The van der Waals surface area contributed by atoms with E-state index in [4.69, 9.17) is 9.47 Å². The van der Waals surface area contributed by atoms with Crippen molar-refractivity contribution in [1.82, 2.24) is 19.6 Å². The van der Waals surface area contributed by atoms with Gasteiger partial charge in [-0.2, -0.15) is 0 Å². The number of carbonyl (C=O) groups is 1. The lowest BCUT2D eigenvalue weighted by Gasteiger charge is -2.24. The Balaban J connectivity index is 1.47. The molecule has 0 fully saturated rings. The summed E-state index contributed by atoms with van der Waals surface area (Å²) in [6, 6.07) is 18.2. The van der Waals surface area contributed by atoms with Crippen LogP contribution in [0, 0.1) is 0 Å². The highest BCUT2D eigenvalue weighted by Crippen LogP contribution is 2.34. The van der Waals surface area contributed by atoms with Gasteiger partial charge in [-0.25, -0.2) is 4.98 Å². The zero-order valence-corrected chi connectivity index (χ0v) is 24.5. The van der Waals surface area contributed by atoms with Crippen LogP contribution in [0.25, 0.3) is 5.70 Å². The van der Waals surface area contributed by atoms with Gasteiger partial charge in [-0.05, 0) is 55.7 Å². The smallest absolute Gasteiger partial charge is 0.267 e. The predicted octanol–water partition coefficient (Wildman–Crippen LogP) is 5.93. The maximum absolute atomic E-state index is 13.2. The Morgan fingerprint density at radius 1 is 1.15 bits per heavy atom. The number of hydrogen-bond donors (Lipinski definition) is 2. The molecule has 0 unspecified atom stereocenters. The largest absolute Gasteiger partial charge is 0.491 e. The maximum Gasteiger partial charge on any atom is 0.267 e. The monoisotopic (exact) mass is 564 g/mol. The number of carbonyl (C=O) groups excluding carboxylic acids is 1. The van der Waals surface area contributed by atoms with Gasteiger partial charge in [0.15, 0.2) is 0 Å². The van der Waals surface area contributed by atoms with Gasteiger partial charge in [0.25, 0.3) is 5.91 Å². The fourth-order valence-electron chi connectivity index (χ4n) is 3.96. The van der Waals surface area contributed by atoms with Gasteiger partial charge in [-0.3, -0.25) is 4.79 Å². The van der Waals surface area contributed by atoms with Crippen LogP contribution in [0.15, 0.2) is 83.7 Å². The lowest BCUT2D eigenvalue weighted by Crippen LogP contribution is -2.36. The number of pyridine rings is 1. The second-order valence-electron chi connectivity index (χ2n) is 9.74. The molecule has 2 heterocycles. The number of H-pyrrole nitrogens is 1. The van der Waals surface area contributed by atoms with Gasteiger partial charge in [-0.1, -0.05) is 36.4 Å². The first-order chi connectivity index (χ1) is 18.8. The highest BCUT2D eigenvalue weighted by Gasteiger charge is 2.24. The van der Waals surface area contributed by atoms with E-state index in [1.807, 2.05) is 65.6 Å². The Bertz CT molecular complexity index is 1290. The van der Waals surface area contributed by atoms with Crippen molar-refractivity contribution in [1.29, 1.82) is 0 Å². The molecule has 3 aromatic rings. The topological polar surface area (TPSA) is 79.5 Å². The Labute approximate surface area is 239 Å². The molecule has 0 aliphatic heterocycles. The first-order valence-electron chi connectivity index (χ1n) is 12.9. The summed E-state index contributed by atoms with van der Waals surface area (Å²) in [5, 5.41) is 4.01. The number of nitrogens with zero attached hydrogens (tertiary/aromatic N) is 2. The van der Waals surface area contributed by atoms with Crippen molar-refractivity contribution in [2.75, 3.05) is 33.9 Å². The van der Waals surface area contributed by atoms with Crippen LogP contribution in [0.1, 0.15) is 41.2 Å². The van der Waals surface area contributed by atoms with Crippen molar-refractivity contribution < 1.29 is 14.3 Å². The number of fused-ring (bicyclic) bond motifs is 1. The second-order valence-corrected chi connectivity index (χ2v) is 12.6. The lowest BCUT2D eigenvalue weighted by atomic mass is 10.1. The molecule has 1 aromatic carbocycles. The Morgan fingerprint density at radius 3 is 2.69 bits per heavy atom. The number of allylic oxidation sites excluding steroid dienone is 2. The van der Waals surface area contributed by atoms with E-state index in [0.29, 0.717) is 31.9 Å². The number of benzene rings is 1. The van der Waals surface area contributed by atoms with Gasteiger partial charge in [0, 0.05) is 55.4 Å². The van der Waals surface area contributed by atoms with Crippen LogP contribution in [-0.4, -0.2) is 58.8 Å². The average molecular weight is 565 g/mol. The van der Waals surface area contributed by atoms with E-state index < -0.39 is 0 Å². The van der Waals surface area contributed by atoms with Crippen LogP contribution in [0.3, 0.4) is 0 Å². The molecule has 0 spiro atoms. The van der Waals surface area contributed by atoms with Crippen molar-refractivity contribution in [3.05, 3.63) is 101 Å². The van der Waals surface area contributed by atoms with Crippen LogP contribution in [0.4, 0.5) is 0 Å². The van der Waals surface area contributed by atoms with E-state index >= 15 is 0 Å². The first-order valence-corrected chi connectivity index (χ1v) is 14.7. The molecule has 9 heteroatoms. The zero-order chi connectivity index (χ0) is 27.7. The van der Waals surface area contributed by atoms with Crippen molar-refractivity contribution in [3.63, 3.8) is 0 Å². The maximum atomic E-state index is 13.2. The number of thioether (sulfide) groups is 1. The molecule has 2 aromatic heterocycles. The molecule has 0 radical (unpaired) electrons. The number of rotatable bonds is 13. The molecule has 0 atom stereocenters. The Kier molecular flexibility index (Phi) is 10.2. The van der Waals surface area contributed by atoms with Crippen LogP contribution in [0.2, 0.25) is 0 Å². The molecule has 1 aliphatic rings. The Morgan fingerprint density at radius 2 is 1.95 bits per heavy atom. The third kappa shape index (κ3) is 8.42. The average Bonchev–Trinajstić information content (AvgIpc) is 3.29. The number of aromatic nitrogens is 2. The summed E-state index contributed by atoms with van der Waals surface area (Å²) < 4.78 is 13.0. The third-order valence-corrected chi connectivity index (χ3v) is 8.42. The summed E-state index contributed by atoms with van der Waals surface area (Å²) in [6.45, 7) is 5.84. The highest BCUT2D eigenvalue weighted by atomic mass is 32.2. The summed E-state index contributed by atoms with van der Waals surface area (Å²) in [7, 11) is 3.64. The molecule has 206 valence electrons. The summed E-state index contributed by atoms with van der Waals surface area (Å²) in [4.78, 5) is 21.1. The van der Waals surface area contributed by atoms with Crippen molar-refractivity contribution in [2.24, 2.45) is 0 Å². The molecule has 1 amide bonds. The molecule has 1 aliphatic carbocycles. The van der Waals surface area contributed by atoms with E-state index in [9.17, 15) is 4.79 Å². The molecule has 7 nitrogen and oxygen atoms in total.